The molecule has 1 aromatic heterocycles. The highest BCUT2D eigenvalue weighted by Gasteiger charge is 2.51. The molecule has 3 heterocycles. The Hall–Kier alpha value is -2.54. The number of benzene rings is 1. The molecular formula is C15H16N2O5. The number of hydrogen-bond donors (Lipinski definition) is 2. The van der Waals surface area contributed by atoms with Crippen LogP contribution < -0.4 is 4.74 Å². The Morgan fingerprint density at radius 1 is 1.36 bits per heavy atom. The van der Waals surface area contributed by atoms with Gasteiger partial charge in [-0.2, -0.15) is 0 Å². The first-order chi connectivity index (χ1) is 10.7. The first kappa shape index (κ1) is 14.4. The van der Waals surface area contributed by atoms with E-state index in [0.29, 0.717) is 5.75 Å². The number of nitrogens with one attached hydrogen (secondary N) is 1. The molecule has 1 amide bonds. The van der Waals surface area contributed by atoms with Crippen LogP contribution >= 0.6 is 0 Å². The number of ether oxygens (including phenoxy) is 2. The topological polar surface area (TPSA) is 91.9 Å². The Kier molecular flexibility index (Phi) is 3.72. The first-order valence-corrected chi connectivity index (χ1v) is 6.86. The molecule has 116 valence electrons. The minimum atomic E-state index is -0.272. The van der Waals surface area contributed by atoms with Crippen LogP contribution in [0.5, 0.6) is 5.75 Å². The molecule has 0 bridgehead atoms. The number of aromatic nitrogens is 1. The van der Waals surface area contributed by atoms with Gasteiger partial charge in [-0.1, -0.05) is 6.07 Å². The lowest BCUT2D eigenvalue weighted by atomic mass is 9.78. The van der Waals surface area contributed by atoms with Crippen LogP contribution in [0.25, 0.3) is 10.9 Å². The van der Waals surface area contributed by atoms with Gasteiger partial charge in [0, 0.05) is 30.2 Å². The molecular weight excluding hydrogens is 288 g/mol. The van der Waals surface area contributed by atoms with Crippen molar-refractivity contribution in [2.75, 3.05) is 26.3 Å². The fourth-order valence-electron chi connectivity index (χ4n) is 2.77. The van der Waals surface area contributed by atoms with E-state index in [-0.39, 0.29) is 18.0 Å². The number of nitrogens with zero attached hydrogens (tertiary/aromatic N) is 1. The van der Waals surface area contributed by atoms with E-state index in [1.165, 1.54) is 0 Å². The van der Waals surface area contributed by atoms with Crippen LogP contribution in [-0.4, -0.2) is 53.9 Å². The molecule has 1 aromatic carbocycles. The first-order valence-electron chi connectivity index (χ1n) is 6.86. The highest BCUT2D eigenvalue weighted by atomic mass is 16.6. The van der Waals surface area contributed by atoms with E-state index in [0.717, 1.165) is 37.2 Å². The number of hydrogen-bond acceptors (Lipinski definition) is 4. The van der Waals surface area contributed by atoms with Crippen molar-refractivity contribution in [3.63, 3.8) is 0 Å². The Bertz CT molecular complexity index is 684. The summed E-state index contributed by atoms with van der Waals surface area (Å²) < 4.78 is 10.7. The largest absolute Gasteiger partial charge is 0.483 e. The van der Waals surface area contributed by atoms with Crippen molar-refractivity contribution < 1.29 is 24.2 Å². The molecule has 2 fully saturated rings. The van der Waals surface area contributed by atoms with E-state index < -0.39 is 0 Å². The zero-order valence-electron chi connectivity index (χ0n) is 11.8. The number of fused-ring (bicyclic) bond motifs is 1. The van der Waals surface area contributed by atoms with E-state index >= 15 is 0 Å². The summed E-state index contributed by atoms with van der Waals surface area (Å²) in [4.78, 5) is 25.2. The number of H-pyrrole nitrogens is 1. The summed E-state index contributed by atoms with van der Waals surface area (Å²) in [6, 6.07) is 7.56. The molecule has 7 nitrogen and oxygen atoms in total. The van der Waals surface area contributed by atoms with Gasteiger partial charge in [0.25, 0.3) is 6.47 Å². The van der Waals surface area contributed by atoms with Crippen LogP contribution in [0.15, 0.2) is 30.5 Å². The van der Waals surface area contributed by atoms with Crippen molar-refractivity contribution >= 4 is 23.5 Å². The van der Waals surface area contributed by atoms with Gasteiger partial charge in [0.1, 0.15) is 5.75 Å². The van der Waals surface area contributed by atoms with Crippen LogP contribution in [-0.2, 0) is 9.53 Å². The second-order valence-corrected chi connectivity index (χ2v) is 5.52. The van der Waals surface area contributed by atoms with Crippen LogP contribution in [0.3, 0.4) is 0 Å². The third-order valence-electron chi connectivity index (χ3n) is 3.88. The second kappa shape index (κ2) is 5.69. The highest BCUT2D eigenvalue weighted by Crippen LogP contribution is 2.38. The minimum absolute atomic E-state index is 0.221. The van der Waals surface area contributed by atoms with Gasteiger partial charge < -0.3 is 24.5 Å². The van der Waals surface area contributed by atoms with Gasteiger partial charge in [-0.25, -0.2) is 4.79 Å². The standard InChI is InChI=1S/C14H14N2O3.CH2O2/c17-13(16-6-14(7-16)8-18-9-14)19-12-3-1-2-11-10(12)4-5-15-11;2-1-3/h1-5,15H,6-9H2;1H,(H,2,3). The minimum Gasteiger partial charge on any atom is -0.483 e. The molecule has 1 spiro atoms. The van der Waals surface area contributed by atoms with E-state index in [1.54, 1.807) is 4.90 Å². The van der Waals surface area contributed by atoms with Gasteiger partial charge in [-0.05, 0) is 18.2 Å². The molecule has 2 aliphatic heterocycles. The van der Waals surface area contributed by atoms with Crippen molar-refractivity contribution in [3.8, 4) is 5.75 Å². The van der Waals surface area contributed by atoms with Crippen LogP contribution in [0, 0.1) is 5.41 Å². The lowest BCUT2D eigenvalue weighted by molar-refractivity contribution is -0.177. The third-order valence-corrected chi connectivity index (χ3v) is 3.88. The molecule has 0 radical (unpaired) electrons. The maximum absolute atomic E-state index is 12.0. The smallest absolute Gasteiger partial charge is 0.415 e. The van der Waals surface area contributed by atoms with E-state index in [4.69, 9.17) is 19.4 Å². The molecule has 4 rings (SSSR count). The van der Waals surface area contributed by atoms with E-state index in [9.17, 15) is 4.79 Å². The maximum atomic E-state index is 12.0. The Labute approximate surface area is 126 Å². The summed E-state index contributed by atoms with van der Waals surface area (Å²) in [5.74, 6) is 0.606. The fourth-order valence-corrected chi connectivity index (χ4v) is 2.77. The molecule has 0 unspecified atom stereocenters. The molecule has 2 aromatic rings. The predicted octanol–water partition coefficient (Wildman–Crippen LogP) is 1.70. The number of amides is 1. The molecule has 2 N–H and O–H groups in total. The Balaban J connectivity index is 0.000000446. The summed E-state index contributed by atoms with van der Waals surface area (Å²) in [6.45, 7) is 2.78. The number of carbonyl (C=O) groups is 2. The number of aromatic amines is 1. The fraction of sp³-hybridized carbons (Fsp3) is 0.333. The molecule has 0 aliphatic carbocycles. The van der Waals surface area contributed by atoms with Gasteiger partial charge in [0.15, 0.2) is 0 Å². The molecule has 0 atom stereocenters. The van der Waals surface area contributed by atoms with Crippen molar-refractivity contribution in [3.05, 3.63) is 30.5 Å². The second-order valence-electron chi connectivity index (χ2n) is 5.52. The normalized spacial score (nSPS) is 17.9. The highest BCUT2D eigenvalue weighted by molar-refractivity contribution is 5.88. The van der Waals surface area contributed by atoms with Gasteiger partial charge in [-0.15, -0.1) is 0 Å². The molecule has 2 aliphatic rings. The van der Waals surface area contributed by atoms with Crippen molar-refractivity contribution in [2.45, 2.75) is 0 Å². The number of rotatable bonds is 1. The van der Waals surface area contributed by atoms with Gasteiger partial charge in [0.05, 0.1) is 18.6 Å². The van der Waals surface area contributed by atoms with E-state index in [2.05, 4.69) is 4.98 Å². The summed E-state index contributed by atoms with van der Waals surface area (Å²) in [6.07, 6.45) is 1.57. The third kappa shape index (κ3) is 2.50. The molecule has 0 saturated carbocycles. The summed E-state index contributed by atoms with van der Waals surface area (Å²) in [7, 11) is 0. The summed E-state index contributed by atoms with van der Waals surface area (Å²) in [5.41, 5.74) is 1.19. The van der Waals surface area contributed by atoms with Crippen LogP contribution in [0.4, 0.5) is 4.79 Å². The van der Waals surface area contributed by atoms with Crippen molar-refractivity contribution in [1.29, 1.82) is 0 Å². The Morgan fingerprint density at radius 3 is 2.73 bits per heavy atom. The van der Waals surface area contributed by atoms with Crippen LogP contribution in [0.2, 0.25) is 0 Å². The van der Waals surface area contributed by atoms with E-state index in [1.807, 2.05) is 30.5 Å². The summed E-state index contributed by atoms with van der Waals surface area (Å²) >= 11 is 0. The quantitative estimate of drug-likeness (QED) is 0.782. The predicted molar refractivity (Wildman–Crippen MR) is 77.8 cm³/mol. The number of carboxylic acid groups (broad SMARTS) is 1. The van der Waals surface area contributed by atoms with Gasteiger partial charge in [-0.3, -0.25) is 4.79 Å². The lowest BCUT2D eigenvalue weighted by Crippen LogP contribution is -2.67. The average molecular weight is 304 g/mol. The average Bonchev–Trinajstić information content (AvgIpc) is 2.85. The van der Waals surface area contributed by atoms with Crippen LogP contribution in [0.1, 0.15) is 0 Å². The molecule has 22 heavy (non-hydrogen) atoms. The maximum Gasteiger partial charge on any atom is 0.415 e. The van der Waals surface area contributed by atoms with Gasteiger partial charge >= 0.3 is 6.09 Å². The monoisotopic (exact) mass is 304 g/mol. The van der Waals surface area contributed by atoms with Crippen molar-refractivity contribution in [2.24, 2.45) is 5.41 Å². The zero-order valence-corrected chi connectivity index (χ0v) is 11.8. The number of carbonyl (C=O) groups excluding carboxylic acids is 1. The molecule has 7 heteroatoms. The molecule has 2 saturated heterocycles. The van der Waals surface area contributed by atoms with Crippen molar-refractivity contribution in [1.82, 2.24) is 9.88 Å². The lowest BCUT2D eigenvalue weighted by Gasteiger charge is -2.54. The van der Waals surface area contributed by atoms with Gasteiger partial charge in [0.2, 0.25) is 0 Å². The summed E-state index contributed by atoms with van der Waals surface area (Å²) in [5, 5.41) is 7.82. The Morgan fingerprint density at radius 2 is 2.09 bits per heavy atom. The zero-order chi connectivity index (χ0) is 15.6. The number of likely N-dealkylation sites (tertiary alicyclic amines) is 1. The SMILES string of the molecule is O=C(Oc1cccc2[nH]ccc12)N1CC2(COC2)C1.O=CO.